The summed E-state index contributed by atoms with van der Waals surface area (Å²) in [5, 5.41) is 1.12. The fraction of sp³-hybridized carbons (Fsp3) is 0. The molecule has 0 unspecified atom stereocenters. The maximum atomic E-state index is 4.65. The van der Waals surface area contributed by atoms with Crippen LogP contribution >= 0.6 is 0 Å². The number of aromatic amines is 3. The number of nitrogens with one attached hydrogen (secondary N) is 3. The smallest absolute Gasteiger partial charge is 0.285 e. The van der Waals surface area contributed by atoms with Crippen molar-refractivity contribution in [3.63, 3.8) is 0 Å². The van der Waals surface area contributed by atoms with E-state index in [1.54, 1.807) is 12.4 Å². The Morgan fingerprint density at radius 3 is 2.89 bits per heavy atom. The number of H-pyrrole nitrogens is 3. The summed E-state index contributed by atoms with van der Waals surface area (Å²) in [7, 11) is 0. The molecule has 0 bridgehead atoms. The lowest BCUT2D eigenvalue weighted by atomic mass is 10.3. The lowest BCUT2D eigenvalue weighted by Crippen LogP contribution is -2.29. The largest absolute Gasteiger partial charge is 0.345 e. The van der Waals surface area contributed by atoms with Gasteiger partial charge in [0, 0.05) is 29.9 Å². The zero-order valence-corrected chi connectivity index (χ0v) is 14.0. The van der Waals surface area contributed by atoms with E-state index in [1.807, 2.05) is 47.6 Å². The summed E-state index contributed by atoms with van der Waals surface area (Å²) in [6.45, 7) is 0. The van der Waals surface area contributed by atoms with Crippen LogP contribution in [0.15, 0.2) is 61.4 Å². The number of imidazole rings is 1. The van der Waals surface area contributed by atoms with Crippen molar-refractivity contribution in [1.82, 2.24) is 34.9 Å². The van der Waals surface area contributed by atoms with Crippen molar-refractivity contribution in [2.24, 2.45) is 0 Å². The van der Waals surface area contributed by atoms with Gasteiger partial charge >= 0.3 is 0 Å². The van der Waals surface area contributed by atoms with Crippen molar-refractivity contribution in [2.45, 2.75) is 0 Å². The van der Waals surface area contributed by atoms with Gasteiger partial charge < -0.3 is 9.97 Å². The Kier molecular flexibility index (Phi) is 2.73. The molecule has 6 aromatic heterocycles. The minimum absolute atomic E-state index is 0.694. The summed E-state index contributed by atoms with van der Waals surface area (Å²) < 4.78 is 2.02. The number of nitrogens with zero attached hydrogens (tertiary/aromatic N) is 5. The van der Waals surface area contributed by atoms with Crippen LogP contribution in [0.2, 0.25) is 0 Å². The first-order valence-corrected chi connectivity index (χ1v) is 8.48. The molecule has 6 heterocycles. The van der Waals surface area contributed by atoms with Gasteiger partial charge in [0.2, 0.25) is 0 Å². The number of hydrogen-bond acceptors (Lipinski definition) is 4. The summed E-state index contributed by atoms with van der Waals surface area (Å²) in [5.41, 5.74) is 5.08. The van der Waals surface area contributed by atoms with E-state index >= 15 is 0 Å². The molecule has 128 valence electrons. The van der Waals surface area contributed by atoms with E-state index in [9.17, 15) is 0 Å². The maximum absolute atomic E-state index is 4.65. The molecule has 0 aromatic carbocycles. The number of aromatic nitrogens is 8. The van der Waals surface area contributed by atoms with Crippen LogP contribution in [0.25, 0.3) is 50.4 Å². The Labute approximate surface area is 152 Å². The van der Waals surface area contributed by atoms with E-state index in [0.29, 0.717) is 11.5 Å². The molecule has 3 N–H and O–H groups in total. The first-order chi connectivity index (χ1) is 13.3. The van der Waals surface area contributed by atoms with Gasteiger partial charge in [-0.3, -0.25) is 4.98 Å². The van der Waals surface area contributed by atoms with Crippen LogP contribution in [0.3, 0.4) is 0 Å². The molecule has 0 atom stereocenters. The van der Waals surface area contributed by atoms with Crippen molar-refractivity contribution in [2.75, 3.05) is 0 Å². The first kappa shape index (κ1) is 14.1. The van der Waals surface area contributed by atoms with E-state index in [0.717, 1.165) is 38.9 Å². The van der Waals surface area contributed by atoms with Gasteiger partial charge in [0.05, 0.1) is 24.1 Å². The van der Waals surface area contributed by atoms with Crippen molar-refractivity contribution < 1.29 is 4.57 Å². The Hall–Kier alpha value is -4.07. The lowest BCUT2D eigenvalue weighted by Gasteiger charge is -1.95. The molecule has 0 radical (unpaired) electrons. The number of hydrogen-bond donors (Lipinski definition) is 3. The van der Waals surface area contributed by atoms with Gasteiger partial charge in [-0.15, -0.1) is 0 Å². The van der Waals surface area contributed by atoms with E-state index in [2.05, 4.69) is 41.0 Å². The fourth-order valence-corrected chi connectivity index (χ4v) is 3.27. The normalized spacial score (nSPS) is 11.7. The van der Waals surface area contributed by atoms with E-state index in [-0.39, 0.29) is 0 Å². The summed E-state index contributed by atoms with van der Waals surface area (Å²) in [4.78, 5) is 27.5. The standard InChI is InChI=1S/C19H12N8/c1-4-20-8-14-11(1)7-17(24-14)27-6-3-12-16(10-27)26-19(25-12)15-9-22-18-13(23-15)2-5-21-18/h1-10H,(H2,20,21,22,23,24,26)/p+1. The molecule has 8 heteroatoms. The number of rotatable bonds is 2. The molecule has 8 nitrogen and oxygen atoms in total. The van der Waals surface area contributed by atoms with Gasteiger partial charge in [0.1, 0.15) is 22.9 Å². The van der Waals surface area contributed by atoms with Crippen LogP contribution < -0.4 is 4.57 Å². The van der Waals surface area contributed by atoms with E-state index < -0.39 is 0 Å². The number of pyridine rings is 2. The minimum Gasteiger partial charge on any atom is -0.345 e. The Balaban J connectivity index is 1.46. The third-order valence-electron chi connectivity index (χ3n) is 4.61. The van der Waals surface area contributed by atoms with Crippen LogP contribution in [0.4, 0.5) is 0 Å². The van der Waals surface area contributed by atoms with Crippen molar-refractivity contribution in [3.05, 3.63) is 61.4 Å². The first-order valence-electron chi connectivity index (χ1n) is 8.48. The van der Waals surface area contributed by atoms with Crippen LogP contribution in [0.1, 0.15) is 0 Å². The highest BCUT2D eigenvalue weighted by Gasteiger charge is 2.14. The van der Waals surface area contributed by atoms with Crippen LogP contribution in [0, 0.1) is 0 Å². The molecule has 0 saturated carbocycles. The molecule has 0 saturated heterocycles. The molecule has 6 aromatic rings. The third kappa shape index (κ3) is 2.20. The van der Waals surface area contributed by atoms with Gasteiger partial charge in [0.25, 0.3) is 5.82 Å². The van der Waals surface area contributed by atoms with E-state index in [1.165, 1.54) is 0 Å². The highest BCUT2D eigenvalue weighted by atomic mass is 15.1. The second-order valence-corrected chi connectivity index (χ2v) is 6.32. The molecular formula is C19H13N8+. The maximum Gasteiger partial charge on any atom is 0.285 e. The van der Waals surface area contributed by atoms with Gasteiger partial charge in [-0.1, -0.05) is 0 Å². The second-order valence-electron chi connectivity index (χ2n) is 6.32. The van der Waals surface area contributed by atoms with Gasteiger partial charge in [-0.2, -0.15) is 0 Å². The summed E-state index contributed by atoms with van der Waals surface area (Å²) in [6.07, 6.45) is 11.1. The molecule has 0 fully saturated rings. The number of fused-ring (bicyclic) bond motifs is 3. The molecule has 0 amide bonds. The monoisotopic (exact) mass is 353 g/mol. The topological polar surface area (TPSA) is 103 Å². The molecule has 0 aliphatic carbocycles. The zero-order valence-electron chi connectivity index (χ0n) is 14.0. The van der Waals surface area contributed by atoms with Crippen LogP contribution in [-0.2, 0) is 0 Å². The quantitative estimate of drug-likeness (QED) is 0.416. The molecule has 0 spiro atoms. The van der Waals surface area contributed by atoms with Crippen LogP contribution in [0.5, 0.6) is 0 Å². The fourth-order valence-electron chi connectivity index (χ4n) is 3.27. The van der Waals surface area contributed by atoms with Gasteiger partial charge in [0.15, 0.2) is 17.0 Å². The Morgan fingerprint density at radius 1 is 0.926 bits per heavy atom. The Morgan fingerprint density at radius 2 is 1.93 bits per heavy atom. The molecule has 6 rings (SSSR count). The van der Waals surface area contributed by atoms with Gasteiger partial charge in [-0.25, -0.2) is 24.5 Å². The van der Waals surface area contributed by atoms with Crippen LogP contribution in [-0.4, -0.2) is 34.9 Å². The molecule has 0 aliphatic heterocycles. The summed E-state index contributed by atoms with van der Waals surface area (Å²) in [6, 6.07) is 7.94. The predicted molar refractivity (Wildman–Crippen MR) is 100 cm³/mol. The van der Waals surface area contributed by atoms with E-state index in [4.69, 9.17) is 0 Å². The summed E-state index contributed by atoms with van der Waals surface area (Å²) >= 11 is 0. The minimum atomic E-state index is 0.694. The predicted octanol–water partition coefficient (Wildman–Crippen LogP) is 2.65. The highest BCUT2D eigenvalue weighted by molar-refractivity contribution is 5.81. The SMILES string of the molecule is c1cc2cc(-[n+]3ccc4nc(-c5cnc6[nH]ccc6n5)[nH]c4c3)[nH]c2cn1. The van der Waals surface area contributed by atoms with Crippen molar-refractivity contribution in [1.29, 1.82) is 0 Å². The second kappa shape index (κ2) is 5.21. The molecule has 0 aliphatic rings. The van der Waals surface area contributed by atoms with Crippen molar-refractivity contribution in [3.8, 4) is 17.3 Å². The van der Waals surface area contributed by atoms with Crippen molar-refractivity contribution >= 4 is 33.1 Å². The molecule has 27 heavy (non-hydrogen) atoms. The zero-order chi connectivity index (χ0) is 17.8. The Bertz CT molecular complexity index is 1410. The highest BCUT2D eigenvalue weighted by Crippen LogP contribution is 2.20. The average Bonchev–Trinajstić information content (AvgIpc) is 3.42. The third-order valence-corrected chi connectivity index (χ3v) is 4.61. The van der Waals surface area contributed by atoms with Gasteiger partial charge in [-0.05, 0) is 12.1 Å². The molecular weight excluding hydrogens is 340 g/mol. The lowest BCUT2D eigenvalue weighted by molar-refractivity contribution is -0.597. The average molecular weight is 353 g/mol. The summed E-state index contributed by atoms with van der Waals surface area (Å²) in [5.74, 6) is 1.66.